The maximum Gasteiger partial charge on any atom is 0.211 e. The van der Waals surface area contributed by atoms with E-state index < -0.39 is 10.0 Å². The fourth-order valence-electron chi connectivity index (χ4n) is 1.47. The monoisotopic (exact) mass is 259 g/mol. The molecule has 0 amide bonds. The van der Waals surface area contributed by atoms with E-state index in [0.717, 1.165) is 6.42 Å². The predicted octanol–water partition coefficient (Wildman–Crippen LogP) is 2.09. The van der Waals surface area contributed by atoms with E-state index in [0.29, 0.717) is 24.9 Å². The van der Waals surface area contributed by atoms with Crippen molar-refractivity contribution in [2.75, 3.05) is 12.3 Å². The SMILES string of the molecule is CCS(=O)(=O)NCCCCc1ccccc1F. The Morgan fingerprint density at radius 2 is 1.94 bits per heavy atom. The third-order valence-electron chi connectivity index (χ3n) is 2.53. The maximum atomic E-state index is 13.2. The standard InChI is InChI=1S/C12H18FNO2S/c1-2-17(15,16)14-10-6-5-8-11-7-3-4-9-12(11)13/h3-4,7,9,14H,2,5-6,8,10H2,1H3. The molecule has 0 aromatic heterocycles. The summed E-state index contributed by atoms with van der Waals surface area (Å²) in [6.45, 7) is 2.02. The van der Waals surface area contributed by atoms with Crippen molar-refractivity contribution in [1.29, 1.82) is 0 Å². The molecule has 5 heteroatoms. The first kappa shape index (κ1) is 14.1. The summed E-state index contributed by atoms with van der Waals surface area (Å²) in [6.07, 6.45) is 2.13. The lowest BCUT2D eigenvalue weighted by molar-refractivity contribution is 0.574. The smallest absolute Gasteiger partial charge is 0.211 e. The lowest BCUT2D eigenvalue weighted by Gasteiger charge is -2.05. The molecule has 0 heterocycles. The van der Waals surface area contributed by atoms with Crippen molar-refractivity contribution >= 4 is 10.0 Å². The molecule has 0 aliphatic rings. The summed E-state index contributed by atoms with van der Waals surface area (Å²) in [4.78, 5) is 0. The molecule has 0 radical (unpaired) electrons. The van der Waals surface area contributed by atoms with Gasteiger partial charge in [0.1, 0.15) is 5.82 Å². The van der Waals surface area contributed by atoms with Crippen molar-refractivity contribution in [3.8, 4) is 0 Å². The molecule has 1 aromatic carbocycles. The molecule has 1 aromatic rings. The number of hydrogen-bond donors (Lipinski definition) is 1. The van der Waals surface area contributed by atoms with Gasteiger partial charge in [0.15, 0.2) is 0 Å². The number of hydrogen-bond acceptors (Lipinski definition) is 2. The summed E-state index contributed by atoms with van der Waals surface area (Å²) in [5.74, 6) is -0.0954. The highest BCUT2D eigenvalue weighted by molar-refractivity contribution is 7.89. The fourth-order valence-corrected chi connectivity index (χ4v) is 2.13. The molecule has 0 saturated carbocycles. The molecule has 17 heavy (non-hydrogen) atoms. The first-order chi connectivity index (χ1) is 8.05. The van der Waals surface area contributed by atoms with E-state index in [9.17, 15) is 12.8 Å². The summed E-state index contributed by atoms with van der Waals surface area (Å²) < 4.78 is 38.0. The number of unbranched alkanes of at least 4 members (excludes halogenated alkanes) is 1. The van der Waals surface area contributed by atoms with Crippen molar-refractivity contribution in [1.82, 2.24) is 4.72 Å². The minimum Gasteiger partial charge on any atom is -0.215 e. The minimum atomic E-state index is -3.10. The van der Waals surface area contributed by atoms with Crippen LogP contribution in [0.4, 0.5) is 4.39 Å². The maximum absolute atomic E-state index is 13.2. The van der Waals surface area contributed by atoms with E-state index in [1.165, 1.54) is 6.07 Å². The average Bonchev–Trinajstić information content (AvgIpc) is 2.31. The number of sulfonamides is 1. The summed E-state index contributed by atoms with van der Waals surface area (Å²) in [6, 6.07) is 6.66. The molecule has 96 valence electrons. The molecule has 0 saturated heterocycles. The van der Waals surface area contributed by atoms with Crippen molar-refractivity contribution in [2.24, 2.45) is 0 Å². The second kappa shape index (κ2) is 6.71. The van der Waals surface area contributed by atoms with Gasteiger partial charge in [-0.1, -0.05) is 18.2 Å². The summed E-state index contributed by atoms with van der Waals surface area (Å²) in [5, 5.41) is 0. The van der Waals surface area contributed by atoms with Gasteiger partial charge in [0, 0.05) is 6.54 Å². The zero-order chi connectivity index (χ0) is 12.7. The van der Waals surface area contributed by atoms with E-state index in [1.54, 1.807) is 25.1 Å². The Hall–Kier alpha value is -0.940. The zero-order valence-electron chi connectivity index (χ0n) is 9.95. The second-order valence-electron chi connectivity index (χ2n) is 3.85. The molecule has 3 nitrogen and oxygen atoms in total. The molecule has 0 bridgehead atoms. The van der Waals surface area contributed by atoms with Gasteiger partial charge < -0.3 is 0 Å². The van der Waals surface area contributed by atoms with Gasteiger partial charge in [-0.25, -0.2) is 17.5 Å². The van der Waals surface area contributed by atoms with Crippen LogP contribution in [0.15, 0.2) is 24.3 Å². The lowest BCUT2D eigenvalue weighted by Crippen LogP contribution is -2.26. The highest BCUT2D eigenvalue weighted by Crippen LogP contribution is 2.09. The summed E-state index contributed by atoms with van der Waals surface area (Å²) in [5.41, 5.74) is 0.686. The molecule has 1 rings (SSSR count). The summed E-state index contributed by atoms with van der Waals surface area (Å²) in [7, 11) is -3.10. The van der Waals surface area contributed by atoms with Crippen LogP contribution >= 0.6 is 0 Å². The Morgan fingerprint density at radius 1 is 1.24 bits per heavy atom. The molecule has 0 aliphatic carbocycles. The van der Waals surface area contributed by atoms with Crippen molar-refractivity contribution in [2.45, 2.75) is 26.2 Å². The van der Waals surface area contributed by atoms with Crippen LogP contribution in [0.1, 0.15) is 25.3 Å². The van der Waals surface area contributed by atoms with E-state index >= 15 is 0 Å². The number of aryl methyl sites for hydroxylation is 1. The van der Waals surface area contributed by atoms with Gasteiger partial charge in [-0.3, -0.25) is 0 Å². The van der Waals surface area contributed by atoms with Crippen LogP contribution in [-0.4, -0.2) is 20.7 Å². The molecule has 0 fully saturated rings. The molecule has 1 N–H and O–H groups in total. The quantitative estimate of drug-likeness (QED) is 0.762. The third kappa shape index (κ3) is 5.28. The zero-order valence-corrected chi connectivity index (χ0v) is 10.8. The van der Waals surface area contributed by atoms with Gasteiger partial charge in [-0.2, -0.15) is 0 Å². The van der Waals surface area contributed by atoms with Gasteiger partial charge in [-0.15, -0.1) is 0 Å². The lowest BCUT2D eigenvalue weighted by atomic mass is 10.1. The molecular weight excluding hydrogens is 241 g/mol. The van der Waals surface area contributed by atoms with E-state index in [2.05, 4.69) is 4.72 Å². The second-order valence-corrected chi connectivity index (χ2v) is 5.94. The highest BCUT2D eigenvalue weighted by Gasteiger charge is 2.05. The van der Waals surface area contributed by atoms with Gasteiger partial charge in [0.25, 0.3) is 0 Å². The van der Waals surface area contributed by atoms with Crippen LogP contribution in [-0.2, 0) is 16.4 Å². The van der Waals surface area contributed by atoms with Gasteiger partial charge >= 0.3 is 0 Å². The first-order valence-electron chi connectivity index (χ1n) is 5.76. The third-order valence-corrected chi connectivity index (χ3v) is 3.94. The van der Waals surface area contributed by atoms with Crippen molar-refractivity contribution in [3.63, 3.8) is 0 Å². The summed E-state index contributed by atoms with van der Waals surface area (Å²) >= 11 is 0. The van der Waals surface area contributed by atoms with Crippen molar-refractivity contribution in [3.05, 3.63) is 35.6 Å². The van der Waals surface area contributed by atoms with Gasteiger partial charge in [-0.05, 0) is 37.8 Å². The Morgan fingerprint density at radius 3 is 2.59 bits per heavy atom. The van der Waals surface area contributed by atoms with Crippen molar-refractivity contribution < 1.29 is 12.8 Å². The van der Waals surface area contributed by atoms with Crippen LogP contribution in [0, 0.1) is 5.82 Å². The van der Waals surface area contributed by atoms with E-state index in [4.69, 9.17) is 0 Å². The van der Waals surface area contributed by atoms with Crippen LogP contribution in [0.2, 0.25) is 0 Å². The first-order valence-corrected chi connectivity index (χ1v) is 7.41. The van der Waals surface area contributed by atoms with E-state index in [-0.39, 0.29) is 11.6 Å². The van der Waals surface area contributed by atoms with Crippen LogP contribution in [0.3, 0.4) is 0 Å². The Balaban J connectivity index is 2.24. The molecule has 0 aliphatic heterocycles. The number of benzene rings is 1. The van der Waals surface area contributed by atoms with Crippen LogP contribution in [0.25, 0.3) is 0 Å². The minimum absolute atomic E-state index is 0.0975. The number of nitrogens with one attached hydrogen (secondary N) is 1. The van der Waals surface area contributed by atoms with Gasteiger partial charge in [0.2, 0.25) is 10.0 Å². The molecule has 0 unspecified atom stereocenters. The Bertz CT molecular complexity index is 446. The Labute approximate surface area is 102 Å². The highest BCUT2D eigenvalue weighted by atomic mass is 32.2. The largest absolute Gasteiger partial charge is 0.215 e. The molecule has 0 spiro atoms. The van der Waals surface area contributed by atoms with Gasteiger partial charge in [0.05, 0.1) is 5.75 Å². The van der Waals surface area contributed by atoms with Crippen LogP contribution < -0.4 is 4.72 Å². The number of rotatable bonds is 7. The Kier molecular flexibility index (Phi) is 5.58. The number of halogens is 1. The average molecular weight is 259 g/mol. The molecule has 0 atom stereocenters. The molecular formula is C12H18FNO2S. The normalized spacial score (nSPS) is 11.6. The predicted molar refractivity (Wildman–Crippen MR) is 66.8 cm³/mol. The topological polar surface area (TPSA) is 46.2 Å². The van der Waals surface area contributed by atoms with Crippen LogP contribution in [0.5, 0.6) is 0 Å². The fraction of sp³-hybridized carbons (Fsp3) is 0.500. The van der Waals surface area contributed by atoms with E-state index in [1.807, 2.05) is 0 Å².